The number of amides is 1. The number of carboxylic acids is 1. The van der Waals surface area contributed by atoms with Crippen LogP contribution in [0.2, 0.25) is 0 Å². The molecule has 2 fully saturated rings. The first-order valence-corrected chi connectivity index (χ1v) is 5.01. The molecule has 1 spiro atoms. The summed E-state index contributed by atoms with van der Waals surface area (Å²) in [6.07, 6.45) is -5.96. The van der Waals surface area contributed by atoms with Crippen molar-refractivity contribution >= 4 is 11.9 Å². The Morgan fingerprint density at radius 3 is 2.06 bits per heavy atom. The van der Waals surface area contributed by atoms with Crippen LogP contribution in [-0.2, 0) is 9.59 Å². The van der Waals surface area contributed by atoms with E-state index in [9.17, 15) is 31.5 Å². The lowest BCUT2D eigenvalue weighted by Crippen LogP contribution is -2.51. The van der Waals surface area contributed by atoms with Crippen molar-refractivity contribution in [2.75, 3.05) is 0 Å². The van der Waals surface area contributed by atoms with Crippen molar-refractivity contribution in [1.82, 2.24) is 5.32 Å². The number of hydrogen-bond donors (Lipinski definition) is 2. The number of carboxylic acid groups (broad SMARTS) is 1. The Balaban J connectivity index is 1.93. The molecule has 2 aliphatic carbocycles. The van der Waals surface area contributed by atoms with Gasteiger partial charge in [-0.2, -0.15) is 13.2 Å². The van der Waals surface area contributed by atoms with Gasteiger partial charge in [-0.25, -0.2) is 8.78 Å². The van der Waals surface area contributed by atoms with E-state index >= 15 is 0 Å². The molecule has 9 heteroatoms. The Kier molecular flexibility index (Phi) is 2.41. The number of aliphatic carboxylic acids is 1. The molecule has 2 aliphatic rings. The molecule has 102 valence electrons. The Morgan fingerprint density at radius 1 is 1.22 bits per heavy atom. The molecule has 1 amide bonds. The molecule has 2 N–H and O–H groups in total. The van der Waals surface area contributed by atoms with Gasteiger partial charge in [0.05, 0.1) is 5.41 Å². The van der Waals surface area contributed by atoms with Crippen molar-refractivity contribution in [2.24, 2.45) is 11.3 Å². The summed E-state index contributed by atoms with van der Waals surface area (Å²) in [5.74, 6) is -9.12. The van der Waals surface area contributed by atoms with Crippen LogP contribution >= 0.6 is 0 Å². The van der Waals surface area contributed by atoms with Crippen molar-refractivity contribution < 1.29 is 36.6 Å². The van der Waals surface area contributed by atoms with Crippen LogP contribution in [0.4, 0.5) is 22.0 Å². The lowest BCUT2D eigenvalue weighted by atomic mass is 9.74. The first kappa shape index (κ1) is 13.0. The summed E-state index contributed by atoms with van der Waals surface area (Å²) in [4.78, 5) is 21.1. The van der Waals surface area contributed by atoms with Crippen LogP contribution in [0.25, 0.3) is 0 Å². The number of rotatable bonds is 2. The van der Waals surface area contributed by atoms with E-state index in [4.69, 9.17) is 5.11 Å². The molecule has 4 nitrogen and oxygen atoms in total. The SMILES string of the molecule is O=C(O)[C@@H]1C(F)(F)C12CC(NC(=O)C(F)(F)F)C2. The average Bonchev–Trinajstić information content (AvgIpc) is 2.60. The molecule has 2 rings (SSSR count). The first-order chi connectivity index (χ1) is 8.02. The molecule has 0 heterocycles. The Hall–Kier alpha value is -1.41. The van der Waals surface area contributed by atoms with Gasteiger partial charge in [0, 0.05) is 6.04 Å². The van der Waals surface area contributed by atoms with E-state index in [1.165, 1.54) is 0 Å². The van der Waals surface area contributed by atoms with E-state index < -0.39 is 54.2 Å². The summed E-state index contributed by atoms with van der Waals surface area (Å²) in [7, 11) is 0. The number of nitrogens with one attached hydrogen (secondary N) is 1. The fourth-order valence-electron chi connectivity index (χ4n) is 2.60. The third kappa shape index (κ3) is 1.56. The predicted octanol–water partition coefficient (Wildman–Crippen LogP) is 1.16. The van der Waals surface area contributed by atoms with Gasteiger partial charge in [0.2, 0.25) is 0 Å². The molecule has 0 radical (unpaired) electrons. The van der Waals surface area contributed by atoms with Crippen LogP contribution in [0.15, 0.2) is 0 Å². The van der Waals surface area contributed by atoms with Gasteiger partial charge in [-0.05, 0) is 12.8 Å². The van der Waals surface area contributed by atoms with Crippen molar-refractivity contribution in [3.63, 3.8) is 0 Å². The molecule has 18 heavy (non-hydrogen) atoms. The Bertz CT molecular complexity index is 413. The predicted molar refractivity (Wildman–Crippen MR) is 45.7 cm³/mol. The molecule has 0 aromatic carbocycles. The summed E-state index contributed by atoms with van der Waals surface area (Å²) < 4.78 is 62.0. The monoisotopic (exact) mass is 273 g/mol. The minimum Gasteiger partial charge on any atom is -0.481 e. The molecule has 0 aliphatic heterocycles. The van der Waals surface area contributed by atoms with Crippen molar-refractivity contribution in [2.45, 2.75) is 31.0 Å². The maximum absolute atomic E-state index is 13.2. The topological polar surface area (TPSA) is 66.4 Å². The summed E-state index contributed by atoms with van der Waals surface area (Å²) in [6, 6.07) is -1.05. The Labute approximate surface area is 97.1 Å². The molecule has 0 aromatic rings. The van der Waals surface area contributed by atoms with Gasteiger partial charge in [-0.1, -0.05) is 0 Å². The van der Waals surface area contributed by atoms with Gasteiger partial charge >= 0.3 is 18.1 Å². The van der Waals surface area contributed by atoms with Crippen molar-refractivity contribution in [3.8, 4) is 0 Å². The van der Waals surface area contributed by atoms with E-state index in [0.717, 1.165) is 0 Å². The van der Waals surface area contributed by atoms with Gasteiger partial charge in [0.15, 0.2) is 0 Å². The zero-order valence-electron chi connectivity index (χ0n) is 8.72. The van der Waals surface area contributed by atoms with Gasteiger partial charge in [0.25, 0.3) is 5.92 Å². The second-order valence-corrected chi connectivity index (χ2v) is 4.63. The highest BCUT2D eigenvalue weighted by Gasteiger charge is 2.87. The van der Waals surface area contributed by atoms with Gasteiger partial charge in [0.1, 0.15) is 5.92 Å². The van der Waals surface area contributed by atoms with Crippen molar-refractivity contribution in [3.05, 3.63) is 0 Å². The maximum atomic E-state index is 13.2. The minimum absolute atomic E-state index is 0.446. The molecule has 0 bridgehead atoms. The van der Waals surface area contributed by atoms with Gasteiger partial charge in [-0.15, -0.1) is 0 Å². The molecule has 0 saturated heterocycles. The van der Waals surface area contributed by atoms with Crippen LogP contribution in [0.3, 0.4) is 0 Å². The molecule has 0 aromatic heterocycles. The molecule has 2 saturated carbocycles. The lowest BCUT2D eigenvalue weighted by molar-refractivity contribution is -0.175. The first-order valence-electron chi connectivity index (χ1n) is 5.01. The normalized spacial score (nSPS) is 36.9. The van der Waals surface area contributed by atoms with E-state index in [1.54, 1.807) is 5.32 Å². The smallest absolute Gasteiger partial charge is 0.471 e. The number of carbonyl (C=O) groups is 2. The standard InChI is InChI=1S/C9H8F5NO3/c10-8(11)4(5(16)17)7(8)1-3(2-7)15-6(18)9(12,13)14/h3-4H,1-2H2,(H,15,18)(H,16,17)/t3?,4-,7?/m0/s1. The van der Waals surface area contributed by atoms with Gasteiger partial charge < -0.3 is 10.4 Å². The quantitative estimate of drug-likeness (QED) is 0.742. The fraction of sp³-hybridized carbons (Fsp3) is 0.778. The molecular weight excluding hydrogens is 265 g/mol. The number of hydrogen-bond acceptors (Lipinski definition) is 2. The average molecular weight is 273 g/mol. The number of carbonyl (C=O) groups excluding carboxylic acids is 1. The van der Waals surface area contributed by atoms with Crippen molar-refractivity contribution in [1.29, 1.82) is 0 Å². The maximum Gasteiger partial charge on any atom is 0.471 e. The zero-order chi connectivity index (χ0) is 13.9. The third-order valence-electron chi connectivity index (χ3n) is 3.56. The Morgan fingerprint density at radius 2 is 1.72 bits per heavy atom. The minimum atomic E-state index is -5.07. The van der Waals surface area contributed by atoms with Gasteiger partial charge in [-0.3, -0.25) is 9.59 Å². The molecule has 0 unspecified atom stereocenters. The van der Waals surface area contributed by atoms with E-state index in [2.05, 4.69) is 0 Å². The van der Waals surface area contributed by atoms with E-state index in [1.807, 2.05) is 0 Å². The van der Waals surface area contributed by atoms with E-state index in [0.29, 0.717) is 0 Å². The number of alkyl halides is 5. The van der Waals surface area contributed by atoms with Crippen LogP contribution in [0, 0.1) is 11.3 Å². The lowest BCUT2D eigenvalue weighted by Gasteiger charge is -2.36. The van der Waals surface area contributed by atoms with Crippen LogP contribution < -0.4 is 5.32 Å². The van der Waals surface area contributed by atoms with Crippen LogP contribution in [0.5, 0.6) is 0 Å². The van der Waals surface area contributed by atoms with E-state index in [-0.39, 0.29) is 0 Å². The highest BCUT2D eigenvalue weighted by Crippen LogP contribution is 2.75. The van der Waals surface area contributed by atoms with Crippen LogP contribution in [-0.4, -0.2) is 35.1 Å². The number of halogens is 5. The summed E-state index contributed by atoms with van der Waals surface area (Å²) in [5.41, 5.74) is -1.78. The second kappa shape index (κ2) is 3.33. The molecule has 1 atom stereocenters. The summed E-state index contributed by atoms with van der Waals surface area (Å²) in [5, 5.41) is 10.1. The summed E-state index contributed by atoms with van der Waals surface area (Å²) >= 11 is 0. The summed E-state index contributed by atoms with van der Waals surface area (Å²) in [6.45, 7) is 0. The fourth-order valence-corrected chi connectivity index (χ4v) is 2.60. The molecular formula is C9H8F5NO3. The zero-order valence-corrected chi connectivity index (χ0v) is 8.72. The largest absolute Gasteiger partial charge is 0.481 e. The highest BCUT2D eigenvalue weighted by atomic mass is 19.4. The second-order valence-electron chi connectivity index (χ2n) is 4.63. The van der Waals surface area contributed by atoms with Crippen LogP contribution in [0.1, 0.15) is 12.8 Å². The third-order valence-corrected chi connectivity index (χ3v) is 3.56. The highest BCUT2D eigenvalue weighted by molar-refractivity contribution is 5.82.